The summed E-state index contributed by atoms with van der Waals surface area (Å²) in [5, 5.41) is 17.3. The number of aryl methyl sites for hydroxylation is 1. The van der Waals surface area contributed by atoms with Crippen molar-refractivity contribution in [2.24, 2.45) is 18.2 Å². The summed E-state index contributed by atoms with van der Waals surface area (Å²) in [7, 11) is 1.93. The second-order valence-electron chi connectivity index (χ2n) is 8.38. The number of carbonyl (C=O) groups excluding carboxylic acids is 2. The fourth-order valence-corrected chi connectivity index (χ4v) is 3.07. The van der Waals surface area contributed by atoms with Gasteiger partial charge in [0, 0.05) is 31.2 Å². The van der Waals surface area contributed by atoms with Crippen LogP contribution >= 0.6 is 0 Å². The first-order valence-corrected chi connectivity index (χ1v) is 10.5. The molecule has 0 unspecified atom stereocenters. The molecule has 0 bridgehead atoms. The Morgan fingerprint density at radius 2 is 1.45 bits per heavy atom. The van der Waals surface area contributed by atoms with Crippen LogP contribution in [0.3, 0.4) is 0 Å². The molecule has 2 aliphatic carbocycles. The van der Waals surface area contributed by atoms with Crippen LogP contribution in [0.1, 0.15) is 31.4 Å². The summed E-state index contributed by atoms with van der Waals surface area (Å²) < 4.78 is 65.4. The number of imidazole rings is 1. The molecule has 2 aliphatic rings. The van der Waals surface area contributed by atoms with Gasteiger partial charge in [-0.3, -0.25) is 14.6 Å². The highest BCUT2D eigenvalue weighted by atomic mass is 19.4. The first-order chi connectivity index (χ1) is 17.4. The van der Waals surface area contributed by atoms with Crippen molar-refractivity contribution in [3.8, 4) is 11.4 Å². The SMILES string of the molecule is Cn1ccnc1-c1ccc(C2(NC(=O)C3(C(N)=O)CC3)CC2)nc1.O=C(O)C(F)(F)F.O=C(O)C(F)(F)F. The summed E-state index contributed by atoms with van der Waals surface area (Å²) in [6.07, 6.45) is -2.06. The third kappa shape index (κ3) is 7.19. The number of nitrogens with zero attached hydrogens (tertiary/aromatic N) is 3. The van der Waals surface area contributed by atoms with Crippen LogP contribution in [0, 0.1) is 5.41 Å². The lowest BCUT2D eigenvalue weighted by Crippen LogP contribution is -2.45. The minimum absolute atomic E-state index is 0.262. The van der Waals surface area contributed by atoms with Crippen molar-refractivity contribution in [3.63, 3.8) is 0 Å². The van der Waals surface area contributed by atoms with Gasteiger partial charge < -0.3 is 25.8 Å². The van der Waals surface area contributed by atoms with Gasteiger partial charge >= 0.3 is 24.3 Å². The highest BCUT2D eigenvalue weighted by molar-refractivity contribution is 6.07. The average molecular weight is 553 g/mol. The number of alkyl halides is 6. The molecule has 208 valence electrons. The molecule has 4 rings (SSSR count). The van der Waals surface area contributed by atoms with Gasteiger partial charge in [-0.25, -0.2) is 14.6 Å². The lowest BCUT2D eigenvalue weighted by Gasteiger charge is -2.20. The Morgan fingerprint density at radius 1 is 0.947 bits per heavy atom. The van der Waals surface area contributed by atoms with Crippen LogP contribution in [0.15, 0.2) is 30.7 Å². The molecule has 38 heavy (non-hydrogen) atoms. The van der Waals surface area contributed by atoms with Gasteiger partial charge in [-0.1, -0.05) is 0 Å². The van der Waals surface area contributed by atoms with Crippen LogP contribution in [-0.4, -0.2) is 60.9 Å². The zero-order valence-electron chi connectivity index (χ0n) is 19.4. The molecule has 0 radical (unpaired) electrons. The summed E-state index contributed by atoms with van der Waals surface area (Å²) in [6.45, 7) is 0. The van der Waals surface area contributed by atoms with E-state index >= 15 is 0 Å². The Bertz CT molecular complexity index is 1180. The smallest absolute Gasteiger partial charge is 0.475 e. The standard InChI is InChI=1S/C17H19N5O2.2C2HF3O2/c1-22-9-8-19-13(22)11-2-3-12(20-10-11)17(6-7-17)21-15(24)16(4-5-16)14(18)23;2*3-2(4,5)1(6)7/h2-3,8-10H,4-7H2,1H3,(H2,18,23)(H,21,24);2*(H,6,7). The molecule has 0 aromatic carbocycles. The van der Waals surface area contributed by atoms with Crippen molar-refractivity contribution < 1.29 is 55.7 Å². The molecular formula is C21H21F6N5O6. The monoisotopic (exact) mass is 553 g/mol. The molecular weight excluding hydrogens is 532 g/mol. The number of nitrogens with one attached hydrogen (secondary N) is 1. The third-order valence-electron chi connectivity index (χ3n) is 5.58. The maximum absolute atomic E-state index is 12.4. The summed E-state index contributed by atoms with van der Waals surface area (Å²) in [5.74, 6) is -5.47. The predicted octanol–water partition coefficient (Wildman–Crippen LogP) is 2.12. The molecule has 2 heterocycles. The van der Waals surface area contributed by atoms with Crippen molar-refractivity contribution in [3.05, 3.63) is 36.4 Å². The minimum Gasteiger partial charge on any atom is -0.475 e. The Labute approximate surface area is 209 Å². The van der Waals surface area contributed by atoms with Gasteiger partial charge in [0.15, 0.2) is 0 Å². The molecule has 5 N–H and O–H groups in total. The van der Waals surface area contributed by atoms with Gasteiger partial charge in [-0.05, 0) is 37.8 Å². The number of amides is 2. The summed E-state index contributed by atoms with van der Waals surface area (Å²) in [5.41, 5.74) is 5.66. The Hall–Kier alpha value is -4.18. The van der Waals surface area contributed by atoms with Crippen LogP contribution in [0.4, 0.5) is 26.3 Å². The molecule has 0 saturated heterocycles. The highest BCUT2D eigenvalue weighted by Gasteiger charge is 2.59. The number of aromatic nitrogens is 3. The normalized spacial score (nSPS) is 16.5. The van der Waals surface area contributed by atoms with E-state index in [2.05, 4.69) is 15.3 Å². The second kappa shape index (κ2) is 10.7. The number of carboxylic acid groups (broad SMARTS) is 2. The largest absolute Gasteiger partial charge is 0.490 e. The average Bonchev–Trinajstić information content (AvgIpc) is 3.72. The van der Waals surface area contributed by atoms with E-state index in [1.165, 1.54) is 0 Å². The molecule has 0 spiro atoms. The van der Waals surface area contributed by atoms with Crippen molar-refractivity contribution >= 4 is 23.8 Å². The van der Waals surface area contributed by atoms with Gasteiger partial charge in [0.2, 0.25) is 11.8 Å². The molecule has 17 heteroatoms. The maximum atomic E-state index is 12.4. The number of nitrogens with two attached hydrogens (primary N) is 1. The quantitative estimate of drug-likeness (QED) is 0.321. The third-order valence-corrected chi connectivity index (χ3v) is 5.58. The number of carboxylic acids is 2. The van der Waals surface area contributed by atoms with Crippen LogP contribution in [0.25, 0.3) is 11.4 Å². The van der Waals surface area contributed by atoms with Crippen molar-refractivity contribution in [1.82, 2.24) is 19.9 Å². The molecule has 2 saturated carbocycles. The van der Waals surface area contributed by atoms with Gasteiger partial charge in [-0.2, -0.15) is 26.3 Å². The number of halogens is 6. The van der Waals surface area contributed by atoms with E-state index in [4.69, 9.17) is 25.5 Å². The van der Waals surface area contributed by atoms with Crippen LogP contribution in [0.5, 0.6) is 0 Å². The molecule has 2 fully saturated rings. The number of hydrogen-bond donors (Lipinski definition) is 4. The van der Waals surface area contributed by atoms with E-state index in [1.54, 1.807) is 12.4 Å². The Kier molecular flexibility index (Phi) is 8.43. The molecule has 2 amide bonds. The van der Waals surface area contributed by atoms with E-state index in [-0.39, 0.29) is 5.91 Å². The molecule has 2 aromatic heterocycles. The Balaban J connectivity index is 0.000000301. The van der Waals surface area contributed by atoms with Gasteiger partial charge in [0.05, 0.1) is 11.2 Å². The fourth-order valence-electron chi connectivity index (χ4n) is 3.07. The van der Waals surface area contributed by atoms with Gasteiger partial charge in [0.1, 0.15) is 11.2 Å². The van der Waals surface area contributed by atoms with E-state index < -0.39 is 41.2 Å². The topological polar surface area (TPSA) is 177 Å². The predicted molar refractivity (Wildman–Crippen MR) is 114 cm³/mol. The van der Waals surface area contributed by atoms with Crippen LogP contribution in [0.2, 0.25) is 0 Å². The number of aliphatic carboxylic acids is 2. The summed E-state index contributed by atoms with van der Waals surface area (Å²) >= 11 is 0. The first-order valence-electron chi connectivity index (χ1n) is 10.5. The zero-order valence-corrected chi connectivity index (χ0v) is 19.4. The highest BCUT2D eigenvalue weighted by Crippen LogP contribution is 2.50. The molecule has 11 nitrogen and oxygen atoms in total. The minimum atomic E-state index is -5.08. The summed E-state index contributed by atoms with van der Waals surface area (Å²) in [4.78, 5) is 50.6. The first kappa shape index (κ1) is 30.0. The maximum Gasteiger partial charge on any atom is 0.490 e. The number of rotatable bonds is 5. The van der Waals surface area contributed by atoms with E-state index in [1.807, 2.05) is 29.9 Å². The van der Waals surface area contributed by atoms with Gasteiger partial charge in [-0.15, -0.1) is 0 Å². The number of primary amides is 1. The second-order valence-corrected chi connectivity index (χ2v) is 8.38. The van der Waals surface area contributed by atoms with E-state index in [9.17, 15) is 35.9 Å². The van der Waals surface area contributed by atoms with Crippen LogP contribution in [-0.2, 0) is 31.8 Å². The zero-order chi connectivity index (χ0) is 29.1. The molecule has 0 atom stereocenters. The fraction of sp³-hybridized carbons (Fsp3) is 0.429. The van der Waals surface area contributed by atoms with Gasteiger partial charge in [0.25, 0.3) is 0 Å². The number of hydrogen-bond acceptors (Lipinski definition) is 6. The van der Waals surface area contributed by atoms with E-state index in [0.29, 0.717) is 12.8 Å². The van der Waals surface area contributed by atoms with Crippen molar-refractivity contribution in [2.45, 2.75) is 43.6 Å². The summed E-state index contributed by atoms with van der Waals surface area (Å²) in [6, 6.07) is 3.87. The van der Waals surface area contributed by atoms with Crippen molar-refractivity contribution in [1.29, 1.82) is 0 Å². The Morgan fingerprint density at radius 3 is 1.74 bits per heavy atom. The lowest BCUT2D eigenvalue weighted by atomic mass is 10.0. The lowest BCUT2D eigenvalue weighted by molar-refractivity contribution is -0.193. The number of pyridine rings is 1. The van der Waals surface area contributed by atoms with E-state index in [0.717, 1.165) is 29.9 Å². The number of carbonyl (C=O) groups is 4. The molecule has 0 aliphatic heterocycles. The van der Waals surface area contributed by atoms with Crippen molar-refractivity contribution in [2.75, 3.05) is 0 Å². The molecule has 2 aromatic rings. The van der Waals surface area contributed by atoms with Crippen LogP contribution < -0.4 is 11.1 Å².